The zero-order chi connectivity index (χ0) is 19.2. The number of nitrogens with zero attached hydrogens (tertiary/aromatic N) is 2. The number of ether oxygens (including phenoxy) is 1. The molecule has 144 valence electrons. The van der Waals surface area contributed by atoms with Crippen molar-refractivity contribution in [3.05, 3.63) is 53.1 Å². The molecule has 0 saturated carbocycles. The molecule has 0 aliphatic carbocycles. The highest BCUT2D eigenvalue weighted by molar-refractivity contribution is 6.30. The lowest BCUT2D eigenvalue weighted by Crippen LogP contribution is -2.50. The lowest BCUT2D eigenvalue weighted by atomic mass is 10.2. The van der Waals surface area contributed by atoms with Gasteiger partial charge in [-0.15, -0.1) is 0 Å². The van der Waals surface area contributed by atoms with Crippen LogP contribution in [0.2, 0.25) is 5.02 Å². The Balaban J connectivity index is 1.44. The van der Waals surface area contributed by atoms with Crippen LogP contribution < -0.4 is 15.0 Å². The summed E-state index contributed by atoms with van der Waals surface area (Å²) in [5, 5.41) is 13.7. The number of carbonyl (C=O) groups is 1. The molecule has 1 aliphatic rings. The number of phenolic OH excluding ortho intramolecular Hbond substituents is 1. The second-order valence-electron chi connectivity index (χ2n) is 6.46. The third-order valence-electron chi connectivity index (χ3n) is 4.65. The molecular weight excluding hydrogens is 366 g/mol. The van der Waals surface area contributed by atoms with E-state index >= 15 is 0 Å². The van der Waals surface area contributed by atoms with Crippen LogP contribution in [0.5, 0.6) is 11.5 Å². The maximum Gasteiger partial charge on any atom is 0.236 e. The summed E-state index contributed by atoms with van der Waals surface area (Å²) in [6, 6.07) is 13.0. The molecule has 2 aromatic carbocycles. The number of carbonyl (C=O) groups excluding carboxylic acids is 1. The number of amides is 1. The van der Waals surface area contributed by atoms with E-state index in [0.29, 0.717) is 25.4 Å². The van der Waals surface area contributed by atoms with Crippen molar-refractivity contribution in [2.24, 2.45) is 0 Å². The number of halogens is 1. The molecule has 3 rings (SSSR count). The smallest absolute Gasteiger partial charge is 0.236 e. The lowest BCUT2D eigenvalue weighted by molar-refractivity contribution is -0.130. The lowest BCUT2D eigenvalue weighted by Gasteiger charge is -2.36. The van der Waals surface area contributed by atoms with Crippen LogP contribution in [0, 0.1) is 0 Å². The van der Waals surface area contributed by atoms with Gasteiger partial charge in [0.15, 0.2) is 11.5 Å². The predicted octanol–water partition coefficient (Wildman–Crippen LogP) is 2.49. The standard InChI is InChI=1S/C20H24ClN3O3/c1-27-19-6-5-15(11-18(19)25)13-22-14-20(26)24-9-7-23(8-10-24)17-4-2-3-16(21)12-17/h2-6,11-12,22,25H,7-10,13-14H2,1H3. The molecule has 6 nitrogen and oxygen atoms in total. The quantitative estimate of drug-likeness (QED) is 0.794. The van der Waals surface area contributed by atoms with E-state index in [1.807, 2.05) is 35.2 Å². The molecular formula is C20H24ClN3O3. The van der Waals surface area contributed by atoms with Crippen molar-refractivity contribution in [1.29, 1.82) is 0 Å². The number of aromatic hydroxyl groups is 1. The number of benzene rings is 2. The van der Waals surface area contributed by atoms with Gasteiger partial charge in [0.25, 0.3) is 0 Å². The number of rotatable bonds is 6. The van der Waals surface area contributed by atoms with E-state index in [-0.39, 0.29) is 18.2 Å². The SMILES string of the molecule is COc1ccc(CNCC(=O)N2CCN(c3cccc(Cl)c3)CC2)cc1O. The molecule has 27 heavy (non-hydrogen) atoms. The van der Waals surface area contributed by atoms with Crippen LogP contribution >= 0.6 is 11.6 Å². The molecule has 0 unspecified atom stereocenters. The van der Waals surface area contributed by atoms with E-state index in [0.717, 1.165) is 29.4 Å². The van der Waals surface area contributed by atoms with Crippen molar-refractivity contribution in [2.75, 3.05) is 44.7 Å². The molecule has 0 radical (unpaired) electrons. The molecule has 0 aromatic heterocycles. The summed E-state index contributed by atoms with van der Waals surface area (Å²) in [4.78, 5) is 16.5. The van der Waals surface area contributed by atoms with Crippen molar-refractivity contribution in [1.82, 2.24) is 10.2 Å². The number of anilines is 1. The zero-order valence-corrected chi connectivity index (χ0v) is 16.1. The van der Waals surface area contributed by atoms with Gasteiger partial charge in [-0.2, -0.15) is 0 Å². The molecule has 1 amide bonds. The van der Waals surface area contributed by atoms with E-state index < -0.39 is 0 Å². The first kappa shape index (κ1) is 19.3. The van der Waals surface area contributed by atoms with Gasteiger partial charge in [-0.05, 0) is 35.9 Å². The number of piperazine rings is 1. The highest BCUT2D eigenvalue weighted by Crippen LogP contribution is 2.26. The van der Waals surface area contributed by atoms with Gasteiger partial charge in [0, 0.05) is 43.4 Å². The Morgan fingerprint density at radius 1 is 1.19 bits per heavy atom. The maximum atomic E-state index is 12.4. The summed E-state index contributed by atoms with van der Waals surface area (Å²) < 4.78 is 5.03. The monoisotopic (exact) mass is 389 g/mol. The van der Waals surface area contributed by atoms with Crippen molar-refractivity contribution in [3.8, 4) is 11.5 Å². The van der Waals surface area contributed by atoms with Gasteiger partial charge in [0.2, 0.25) is 5.91 Å². The Bertz CT molecular complexity index is 792. The Kier molecular flexibility index (Phi) is 6.42. The zero-order valence-electron chi connectivity index (χ0n) is 15.3. The minimum absolute atomic E-state index is 0.0819. The minimum atomic E-state index is 0.0819. The molecule has 7 heteroatoms. The van der Waals surface area contributed by atoms with Gasteiger partial charge in [-0.3, -0.25) is 4.79 Å². The Morgan fingerprint density at radius 2 is 1.96 bits per heavy atom. The van der Waals surface area contributed by atoms with E-state index in [1.165, 1.54) is 7.11 Å². The van der Waals surface area contributed by atoms with Crippen LogP contribution in [0.3, 0.4) is 0 Å². The maximum absolute atomic E-state index is 12.4. The Labute approximate surface area is 164 Å². The predicted molar refractivity (Wildman–Crippen MR) is 107 cm³/mol. The molecule has 0 bridgehead atoms. The number of methoxy groups -OCH3 is 1. The normalized spacial score (nSPS) is 14.3. The second-order valence-corrected chi connectivity index (χ2v) is 6.89. The van der Waals surface area contributed by atoms with Crippen LogP contribution in [0.1, 0.15) is 5.56 Å². The van der Waals surface area contributed by atoms with E-state index in [1.54, 1.807) is 12.1 Å². The Morgan fingerprint density at radius 3 is 2.63 bits per heavy atom. The summed E-state index contributed by atoms with van der Waals surface area (Å²) in [5.74, 6) is 0.617. The van der Waals surface area contributed by atoms with Gasteiger partial charge in [0.05, 0.1) is 13.7 Å². The van der Waals surface area contributed by atoms with Crippen molar-refractivity contribution < 1.29 is 14.6 Å². The van der Waals surface area contributed by atoms with Crippen LogP contribution in [0.4, 0.5) is 5.69 Å². The molecule has 2 N–H and O–H groups in total. The van der Waals surface area contributed by atoms with Gasteiger partial charge in [-0.1, -0.05) is 23.7 Å². The van der Waals surface area contributed by atoms with Crippen LogP contribution in [0.15, 0.2) is 42.5 Å². The van der Waals surface area contributed by atoms with Gasteiger partial charge in [-0.25, -0.2) is 0 Å². The molecule has 2 aromatic rings. The van der Waals surface area contributed by atoms with E-state index in [4.69, 9.17) is 16.3 Å². The topological polar surface area (TPSA) is 65.0 Å². The highest BCUT2D eigenvalue weighted by Gasteiger charge is 2.21. The fourth-order valence-corrected chi connectivity index (χ4v) is 3.34. The first-order valence-corrected chi connectivity index (χ1v) is 9.29. The molecule has 1 heterocycles. The molecule has 1 aliphatic heterocycles. The summed E-state index contributed by atoms with van der Waals surface area (Å²) >= 11 is 6.06. The number of phenols is 1. The van der Waals surface area contributed by atoms with E-state index in [9.17, 15) is 9.90 Å². The largest absolute Gasteiger partial charge is 0.504 e. The Hall–Kier alpha value is -2.44. The summed E-state index contributed by atoms with van der Waals surface area (Å²) in [6.07, 6.45) is 0. The molecule has 0 atom stereocenters. The number of hydrogen-bond donors (Lipinski definition) is 2. The number of nitrogens with one attached hydrogen (secondary N) is 1. The summed E-state index contributed by atoms with van der Waals surface area (Å²) in [7, 11) is 1.51. The fraction of sp³-hybridized carbons (Fsp3) is 0.350. The van der Waals surface area contributed by atoms with Crippen molar-refractivity contribution in [3.63, 3.8) is 0 Å². The van der Waals surface area contributed by atoms with Gasteiger partial charge < -0.3 is 25.0 Å². The third-order valence-corrected chi connectivity index (χ3v) is 4.89. The first-order chi connectivity index (χ1) is 13.1. The molecule has 0 spiro atoms. The minimum Gasteiger partial charge on any atom is -0.504 e. The molecule has 1 saturated heterocycles. The summed E-state index contributed by atoms with van der Waals surface area (Å²) in [5.41, 5.74) is 1.99. The van der Waals surface area contributed by atoms with E-state index in [2.05, 4.69) is 10.2 Å². The average molecular weight is 390 g/mol. The fourth-order valence-electron chi connectivity index (χ4n) is 3.16. The van der Waals surface area contributed by atoms with Crippen LogP contribution in [-0.2, 0) is 11.3 Å². The summed E-state index contributed by atoms with van der Waals surface area (Å²) in [6.45, 7) is 3.74. The average Bonchev–Trinajstić information content (AvgIpc) is 2.68. The van der Waals surface area contributed by atoms with Crippen LogP contribution in [-0.4, -0.2) is 55.7 Å². The third kappa shape index (κ3) is 5.05. The van der Waals surface area contributed by atoms with Crippen molar-refractivity contribution >= 4 is 23.2 Å². The van der Waals surface area contributed by atoms with Gasteiger partial charge >= 0.3 is 0 Å². The van der Waals surface area contributed by atoms with Crippen molar-refractivity contribution in [2.45, 2.75) is 6.54 Å². The van der Waals surface area contributed by atoms with Crippen LogP contribution in [0.25, 0.3) is 0 Å². The molecule has 1 fully saturated rings. The second kappa shape index (κ2) is 8.97. The van der Waals surface area contributed by atoms with Gasteiger partial charge in [0.1, 0.15) is 0 Å². The highest BCUT2D eigenvalue weighted by atomic mass is 35.5. The first-order valence-electron chi connectivity index (χ1n) is 8.91. The number of hydrogen-bond acceptors (Lipinski definition) is 5.